The van der Waals surface area contributed by atoms with E-state index in [1.807, 2.05) is 6.92 Å². The number of benzene rings is 1. The Kier molecular flexibility index (Phi) is 5.35. The van der Waals surface area contributed by atoms with Crippen LogP contribution in [0.3, 0.4) is 0 Å². The molecule has 1 atom stereocenters. The van der Waals surface area contributed by atoms with Crippen molar-refractivity contribution in [3.05, 3.63) is 29.6 Å². The molecule has 3 N–H and O–H groups in total. The first kappa shape index (κ1) is 16.4. The summed E-state index contributed by atoms with van der Waals surface area (Å²) in [5, 5.41) is 0. The summed E-state index contributed by atoms with van der Waals surface area (Å²) in [5.41, 5.74) is 5.64. The molecule has 0 amide bonds. The molecule has 0 aromatic heterocycles. The van der Waals surface area contributed by atoms with E-state index in [2.05, 4.69) is 4.72 Å². The normalized spacial score (nSPS) is 18.6. The van der Waals surface area contributed by atoms with Crippen LogP contribution in [0.25, 0.3) is 0 Å². The summed E-state index contributed by atoms with van der Waals surface area (Å²) in [4.78, 5) is 0.0759. The molecule has 1 aliphatic rings. The first-order chi connectivity index (χ1) is 9.94. The Hall–Kier alpha value is -0.980. The second kappa shape index (κ2) is 6.85. The first-order valence-corrected chi connectivity index (χ1v) is 8.93. The number of nitrogens with two attached hydrogens (primary N) is 1. The standard InChI is InChI=1S/C15H23FN2O2S/c1-11(12-5-3-2-4-6-12)18-21(19,20)14-7-8-15(16)13(9-14)10-17/h7-9,11-12,18H,2-6,10,17H2,1H3. The lowest BCUT2D eigenvalue weighted by Gasteiger charge is -2.28. The van der Waals surface area contributed by atoms with Crippen LogP contribution in [0, 0.1) is 11.7 Å². The predicted octanol–water partition coefficient (Wildman–Crippen LogP) is 2.53. The molecule has 21 heavy (non-hydrogen) atoms. The molecule has 1 unspecified atom stereocenters. The Bertz CT molecular complexity index is 583. The summed E-state index contributed by atoms with van der Waals surface area (Å²) in [5.74, 6) is -0.0975. The number of nitrogens with one attached hydrogen (secondary N) is 1. The fourth-order valence-electron chi connectivity index (χ4n) is 2.92. The molecular weight excluding hydrogens is 291 g/mol. The molecule has 4 nitrogen and oxygen atoms in total. The van der Waals surface area contributed by atoms with Gasteiger partial charge in [-0.05, 0) is 43.9 Å². The van der Waals surface area contributed by atoms with Crippen LogP contribution >= 0.6 is 0 Å². The molecule has 2 rings (SSSR count). The second-order valence-corrected chi connectivity index (χ2v) is 7.48. The molecule has 1 fully saturated rings. The summed E-state index contributed by atoms with van der Waals surface area (Å²) in [6, 6.07) is 3.64. The van der Waals surface area contributed by atoms with Gasteiger partial charge in [-0.15, -0.1) is 0 Å². The lowest BCUT2D eigenvalue weighted by Crippen LogP contribution is -2.38. The lowest BCUT2D eigenvalue weighted by atomic mass is 9.85. The van der Waals surface area contributed by atoms with Gasteiger partial charge in [-0.3, -0.25) is 0 Å². The smallest absolute Gasteiger partial charge is 0.240 e. The average Bonchev–Trinajstić information content (AvgIpc) is 2.48. The third-order valence-electron chi connectivity index (χ3n) is 4.25. The van der Waals surface area contributed by atoms with Gasteiger partial charge in [-0.2, -0.15) is 0 Å². The highest BCUT2D eigenvalue weighted by Gasteiger charge is 2.25. The molecule has 6 heteroatoms. The molecule has 0 saturated heterocycles. The van der Waals surface area contributed by atoms with Crippen LogP contribution in [0.5, 0.6) is 0 Å². The van der Waals surface area contributed by atoms with Gasteiger partial charge < -0.3 is 5.73 Å². The van der Waals surface area contributed by atoms with Gasteiger partial charge in [0.05, 0.1) is 4.90 Å². The SMILES string of the molecule is CC(NS(=O)(=O)c1ccc(F)c(CN)c1)C1CCCCC1. The van der Waals surface area contributed by atoms with Crippen molar-refractivity contribution in [3.63, 3.8) is 0 Å². The van der Waals surface area contributed by atoms with Crippen molar-refractivity contribution < 1.29 is 12.8 Å². The average molecular weight is 314 g/mol. The van der Waals surface area contributed by atoms with E-state index in [1.54, 1.807) is 0 Å². The Morgan fingerprint density at radius 2 is 2.00 bits per heavy atom. The predicted molar refractivity (Wildman–Crippen MR) is 80.6 cm³/mol. The van der Waals surface area contributed by atoms with E-state index in [0.29, 0.717) is 5.92 Å². The number of hydrogen-bond acceptors (Lipinski definition) is 3. The summed E-state index contributed by atoms with van der Waals surface area (Å²) in [6.07, 6.45) is 5.66. The minimum absolute atomic E-state index is 0.0205. The van der Waals surface area contributed by atoms with Crippen molar-refractivity contribution in [2.24, 2.45) is 11.7 Å². The molecule has 0 spiro atoms. The van der Waals surface area contributed by atoms with E-state index < -0.39 is 15.8 Å². The molecule has 1 aromatic rings. The molecule has 1 aromatic carbocycles. The zero-order chi connectivity index (χ0) is 15.5. The van der Waals surface area contributed by atoms with E-state index in [1.165, 1.54) is 18.6 Å². The highest BCUT2D eigenvalue weighted by Crippen LogP contribution is 2.27. The number of halogens is 1. The maximum Gasteiger partial charge on any atom is 0.240 e. The highest BCUT2D eigenvalue weighted by atomic mass is 32.2. The number of hydrogen-bond donors (Lipinski definition) is 2. The first-order valence-electron chi connectivity index (χ1n) is 7.45. The third-order valence-corrected chi connectivity index (χ3v) is 5.80. The Labute approximate surface area is 126 Å². The fourth-order valence-corrected chi connectivity index (χ4v) is 4.28. The zero-order valence-corrected chi connectivity index (χ0v) is 13.1. The van der Waals surface area contributed by atoms with Gasteiger partial charge in [0.2, 0.25) is 10.0 Å². The maximum atomic E-state index is 13.4. The molecule has 0 bridgehead atoms. The summed E-state index contributed by atoms with van der Waals surface area (Å²) in [6.45, 7) is 1.88. The van der Waals surface area contributed by atoms with Gasteiger partial charge in [0.15, 0.2) is 0 Å². The van der Waals surface area contributed by atoms with E-state index in [4.69, 9.17) is 5.73 Å². The zero-order valence-electron chi connectivity index (χ0n) is 12.3. The molecule has 0 heterocycles. The van der Waals surface area contributed by atoms with Crippen LogP contribution in [0.2, 0.25) is 0 Å². The topological polar surface area (TPSA) is 72.2 Å². The van der Waals surface area contributed by atoms with Gasteiger partial charge in [0, 0.05) is 18.2 Å². The number of sulfonamides is 1. The van der Waals surface area contributed by atoms with Crippen molar-refractivity contribution in [1.82, 2.24) is 4.72 Å². The van der Waals surface area contributed by atoms with E-state index >= 15 is 0 Å². The van der Waals surface area contributed by atoms with E-state index in [0.717, 1.165) is 31.7 Å². The van der Waals surface area contributed by atoms with Crippen molar-refractivity contribution in [1.29, 1.82) is 0 Å². The summed E-state index contributed by atoms with van der Waals surface area (Å²) < 4.78 is 40.9. The van der Waals surface area contributed by atoms with Crippen molar-refractivity contribution in [2.75, 3.05) is 0 Å². The Morgan fingerprint density at radius 3 is 2.62 bits per heavy atom. The quantitative estimate of drug-likeness (QED) is 0.877. The van der Waals surface area contributed by atoms with Gasteiger partial charge in [0.1, 0.15) is 5.82 Å². The summed E-state index contributed by atoms with van der Waals surface area (Å²) >= 11 is 0. The van der Waals surface area contributed by atoms with E-state index in [9.17, 15) is 12.8 Å². The van der Waals surface area contributed by atoms with Crippen molar-refractivity contribution in [3.8, 4) is 0 Å². The fraction of sp³-hybridized carbons (Fsp3) is 0.600. The molecule has 1 aliphatic carbocycles. The molecule has 118 valence electrons. The largest absolute Gasteiger partial charge is 0.326 e. The lowest BCUT2D eigenvalue weighted by molar-refractivity contribution is 0.303. The highest BCUT2D eigenvalue weighted by molar-refractivity contribution is 7.89. The van der Waals surface area contributed by atoms with E-state index in [-0.39, 0.29) is 23.0 Å². The van der Waals surface area contributed by atoms with Crippen LogP contribution in [0.1, 0.15) is 44.6 Å². The second-order valence-electron chi connectivity index (χ2n) is 5.77. The monoisotopic (exact) mass is 314 g/mol. The molecular formula is C15H23FN2O2S. The van der Waals surface area contributed by atoms with Crippen LogP contribution in [-0.4, -0.2) is 14.5 Å². The van der Waals surface area contributed by atoms with Crippen LogP contribution in [-0.2, 0) is 16.6 Å². The maximum absolute atomic E-state index is 13.4. The minimum Gasteiger partial charge on any atom is -0.326 e. The van der Waals surface area contributed by atoms with Gasteiger partial charge in [0.25, 0.3) is 0 Å². The van der Waals surface area contributed by atoms with Gasteiger partial charge >= 0.3 is 0 Å². The minimum atomic E-state index is -3.63. The molecule has 0 radical (unpaired) electrons. The Balaban J connectivity index is 2.14. The van der Waals surface area contributed by atoms with Crippen LogP contribution in [0.15, 0.2) is 23.1 Å². The molecule has 1 saturated carbocycles. The van der Waals surface area contributed by atoms with Crippen LogP contribution in [0.4, 0.5) is 4.39 Å². The van der Waals surface area contributed by atoms with Crippen LogP contribution < -0.4 is 10.5 Å². The van der Waals surface area contributed by atoms with Crippen molar-refractivity contribution >= 4 is 10.0 Å². The third kappa shape index (κ3) is 4.02. The van der Waals surface area contributed by atoms with Crippen molar-refractivity contribution in [2.45, 2.75) is 56.5 Å². The Morgan fingerprint density at radius 1 is 1.33 bits per heavy atom. The summed E-state index contributed by atoms with van der Waals surface area (Å²) in [7, 11) is -3.63. The number of rotatable bonds is 5. The van der Waals surface area contributed by atoms with Gasteiger partial charge in [-0.1, -0.05) is 19.3 Å². The molecule has 0 aliphatic heterocycles. The van der Waals surface area contributed by atoms with Gasteiger partial charge in [-0.25, -0.2) is 17.5 Å².